The van der Waals surface area contributed by atoms with Crippen molar-refractivity contribution in [1.82, 2.24) is 25.1 Å². The van der Waals surface area contributed by atoms with Crippen molar-refractivity contribution in [1.29, 1.82) is 0 Å². The first-order valence-electron chi connectivity index (χ1n) is 9.17. The van der Waals surface area contributed by atoms with E-state index in [1.54, 1.807) is 19.3 Å². The van der Waals surface area contributed by atoms with E-state index in [4.69, 9.17) is 0 Å². The SMILES string of the molecule is Cn1ncc(N2CC[C@@H](CNC(=O)c3cnc(C4CC4)[nH]c3=O)C2)cc1=O. The van der Waals surface area contributed by atoms with Gasteiger partial charge in [-0.2, -0.15) is 5.10 Å². The quantitative estimate of drug-likeness (QED) is 0.766. The standard InChI is InChI=1S/C18H22N6O3/c1-23-15(25)6-13(8-21-23)24-5-4-11(10-24)7-20-17(26)14-9-19-16(12-2-3-12)22-18(14)27/h6,8-9,11-12H,2-5,7,10H2,1H3,(H,20,26)(H,19,22,27)/t11-/m0/s1. The highest BCUT2D eigenvalue weighted by molar-refractivity contribution is 5.93. The van der Waals surface area contributed by atoms with E-state index in [9.17, 15) is 14.4 Å². The van der Waals surface area contributed by atoms with Crippen LogP contribution in [0.3, 0.4) is 0 Å². The van der Waals surface area contributed by atoms with E-state index >= 15 is 0 Å². The van der Waals surface area contributed by atoms with Crippen LogP contribution in [0.15, 0.2) is 28.0 Å². The maximum Gasteiger partial charge on any atom is 0.268 e. The molecule has 2 fully saturated rings. The zero-order valence-electron chi connectivity index (χ0n) is 15.1. The second kappa shape index (κ2) is 6.98. The maximum absolute atomic E-state index is 12.3. The molecular weight excluding hydrogens is 348 g/mol. The van der Waals surface area contributed by atoms with Crippen LogP contribution >= 0.6 is 0 Å². The van der Waals surface area contributed by atoms with Gasteiger partial charge in [0, 0.05) is 44.9 Å². The maximum atomic E-state index is 12.3. The third kappa shape index (κ3) is 3.76. The third-order valence-corrected chi connectivity index (χ3v) is 5.18. The number of anilines is 1. The number of nitrogens with zero attached hydrogens (tertiary/aromatic N) is 4. The zero-order chi connectivity index (χ0) is 19.0. The van der Waals surface area contributed by atoms with Gasteiger partial charge in [-0.05, 0) is 25.2 Å². The summed E-state index contributed by atoms with van der Waals surface area (Å²) >= 11 is 0. The molecule has 2 aromatic heterocycles. The smallest absolute Gasteiger partial charge is 0.268 e. The van der Waals surface area contributed by atoms with Crippen LogP contribution in [0.4, 0.5) is 5.69 Å². The van der Waals surface area contributed by atoms with Crippen molar-refractivity contribution in [2.75, 3.05) is 24.5 Å². The highest BCUT2D eigenvalue weighted by Gasteiger charge is 2.27. The van der Waals surface area contributed by atoms with Gasteiger partial charge < -0.3 is 15.2 Å². The van der Waals surface area contributed by atoms with E-state index < -0.39 is 5.91 Å². The first kappa shape index (κ1) is 17.4. The first-order chi connectivity index (χ1) is 13.0. The van der Waals surface area contributed by atoms with Gasteiger partial charge in [-0.1, -0.05) is 0 Å². The molecule has 1 aliphatic heterocycles. The van der Waals surface area contributed by atoms with Crippen molar-refractivity contribution in [3.8, 4) is 0 Å². The molecule has 2 aliphatic rings. The van der Waals surface area contributed by atoms with Gasteiger partial charge in [-0.25, -0.2) is 9.67 Å². The van der Waals surface area contributed by atoms with Gasteiger partial charge in [0.1, 0.15) is 11.4 Å². The van der Waals surface area contributed by atoms with E-state index in [1.807, 2.05) is 0 Å². The predicted octanol–water partition coefficient (Wildman–Crippen LogP) is -0.00270. The minimum absolute atomic E-state index is 0.0463. The van der Waals surface area contributed by atoms with Crippen molar-refractivity contribution in [2.24, 2.45) is 13.0 Å². The summed E-state index contributed by atoms with van der Waals surface area (Å²) < 4.78 is 1.29. The van der Waals surface area contributed by atoms with Crippen molar-refractivity contribution in [3.05, 3.63) is 50.6 Å². The van der Waals surface area contributed by atoms with Crippen molar-refractivity contribution >= 4 is 11.6 Å². The predicted molar refractivity (Wildman–Crippen MR) is 99.0 cm³/mol. The Morgan fingerprint density at radius 3 is 2.81 bits per heavy atom. The number of amides is 1. The molecule has 1 amide bonds. The fourth-order valence-corrected chi connectivity index (χ4v) is 3.33. The molecule has 0 bridgehead atoms. The topological polar surface area (TPSA) is 113 Å². The van der Waals surface area contributed by atoms with E-state index in [0.29, 0.717) is 18.3 Å². The second-order valence-electron chi connectivity index (χ2n) is 7.27. The minimum Gasteiger partial charge on any atom is -0.370 e. The average molecular weight is 370 g/mol. The highest BCUT2D eigenvalue weighted by atomic mass is 16.2. The molecule has 4 rings (SSSR count). The number of aromatic nitrogens is 4. The molecule has 1 saturated carbocycles. The number of rotatable bonds is 5. The summed E-state index contributed by atoms with van der Waals surface area (Å²) in [5.41, 5.74) is 0.308. The van der Waals surface area contributed by atoms with E-state index in [2.05, 4.69) is 25.3 Å². The largest absolute Gasteiger partial charge is 0.370 e. The second-order valence-corrected chi connectivity index (χ2v) is 7.27. The average Bonchev–Trinajstić information content (AvgIpc) is 3.40. The zero-order valence-corrected chi connectivity index (χ0v) is 15.1. The Hall–Kier alpha value is -2.97. The van der Waals surface area contributed by atoms with Gasteiger partial charge >= 0.3 is 0 Å². The fraction of sp³-hybridized carbons (Fsp3) is 0.500. The third-order valence-electron chi connectivity index (χ3n) is 5.18. The highest BCUT2D eigenvalue weighted by Crippen LogP contribution is 2.37. The van der Waals surface area contributed by atoms with Crippen LogP contribution in [0.2, 0.25) is 0 Å². The number of aryl methyl sites for hydroxylation is 1. The Labute approximate surface area is 155 Å². The summed E-state index contributed by atoms with van der Waals surface area (Å²) in [6.45, 7) is 2.00. The normalized spacial score (nSPS) is 19.3. The van der Waals surface area contributed by atoms with Crippen LogP contribution < -0.4 is 21.3 Å². The molecule has 9 heteroatoms. The van der Waals surface area contributed by atoms with Crippen LogP contribution in [-0.4, -0.2) is 45.3 Å². The Bertz CT molecular complexity index is 978. The summed E-state index contributed by atoms with van der Waals surface area (Å²) in [6.07, 6.45) is 6.01. The van der Waals surface area contributed by atoms with Crippen molar-refractivity contribution in [2.45, 2.75) is 25.2 Å². The lowest BCUT2D eigenvalue weighted by Gasteiger charge is -2.18. The summed E-state index contributed by atoms with van der Waals surface area (Å²) in [5.74, 6) is 0.852. The Balaban J connectivity index is 1.34. The Kier molecular flexibility index (Phi) is 4.51. The van der Waals surface area contributed by atoms with Crippen LogP contribution in [0, 0.1) is 5.92 Å². The number of H-pyrrole nitrogens is 1. The van der Waals surface area contributed by atoms with Gasteiger partial charge in [0.15, 0.2) is 0 Å². The molecular formula is C18H22N6O3. The number of hydrogen-bond donors (Lipinski definition) is 2. The molecule has 1 atom stereocenters. The monoisotopic (exact) mass is 370 g/mol. The van der Waals surface area contributed by atoms with Gasteiger partial charge in [-0.15, -0.1) is 0 Å². The van der Waals surface area contributed by atoms with Gasteiger partial charge in [-0.3, -0.25) is 14.4 Å². The number of hydrogen-bond acceptors (Lipinski definition) is 6. The molecule has 0 radical (unpaired) electrons. The lowest BCUT2D eigenvalue weighted by atomic mass is 10.1. The molecule has 0 unspecified atom stereocenters. The summed E-state index contributed by atoms with van der Waals surface area (Å²) in [5, 5.41) is 6.87. The van der Waals surface area contributed by atoms with Crippen molar-refractivity contribution < 1.29 is 4.79 Å². The number of aromatic amines is 1. The Morgan fingerprint density at radius 2 is 2.11 bits per heavy atom. The Morgan fingerprint density at radius 1 is 1.30 bits per heavy atom. The van der Waals surface area contributed by atoms with Crippen molar-refractivity contribution in [3.63, 3.8) is 0 Å². The van der Waals surface area contributed by atoms with Crippen LogP contribution in [0.5, 0.6) is 0 Å². The molecule has 9 nitrogen and oxygen atoms in total. The van der Waals surface area contributed by atoms with Gasteiger partial charge in [0.25, 0.3) is 17.0 Å². The van der Waals surface area contributed by atoms with Crippen LogP contribution in [0.1, 0.15) is 41.4 Å². The van der Waals surface area contributed by atoms with Gasteiger partial charge in [0.2, 0.25) is 0 Å². The molecule has 0 spiro atoms. The first-order valence-corrected chi connectivity index (χ1v) is 9.17. The van der Waals surface area contributed by atoms with Crippen LogP contribution in [0.25, 0.3) is 0 Å². The van der Waals surface area contributed by atoms with Gasteiger partial charge in [0.05, 0.1) is 11.9 Å². The van der Waals surface area contributed by atoms with E-state index in [0.717, 1.165) is 38.0 Å². The fourth-order valence-electron chi connectivity index (χ4n) is 3.33. The molecule has 27 heavy (non-hydrogen) atoms. The lowest BCUT2D eigenvalue weighted by Crippen LogP contribution is -2.34. The van der Waals surface area contributed by atoms with Crippen LogP contribution in [-0.2, 0) is 7.05 Å². The van der Waals surface area contributed by atoms with E-state index in [1.165, 1.54) is 10.9 Å². The molecule has 2 N–H and O–H groups in total. The summed E-state index contributed by atoms with van der Waals surface area (Å²) in [4.78, 5) is 45.2. The lowest BCUT2D eigenvalue weighted by molar-refractivity contribution is 0.0946. The molecule has 1 saturated heterocycles. The number of nitrogens with one attached hydrogen (secondary N) is 2. The minimum atomic E-state index is -0.403. The van der Waals surface area contributed by atoms with E-state index in [-0.39, 0.29) is 22.6 Å². The summed E-state index contributed by atoms with van der Waals surface area (Å²) in [6, 6.07) is 1.57. The molecule has 3 heterocycles. The number of carbonyl (C=O) groups is 1. The number of carbonyl (C=O) groups excluding carboxylic acids is 1. The molecule has 2 aromatic rings. The molecule has 0 aromatic carbocycles. The molecule has 142 valence electrons. The molecule has 1 aliphatic carbocycles. The summed E-state index contributed by atoms with van der Waals surface area (Å²) in [7, 11) is 1.61.